The maximum absolute atomic E-state index is 13.0. The predicted molar refractivity (Wildman–Crippen MR) is 110 cm³/mol. The summed E-state index contributed by atoms with van der Waals surface area (Å²) >= 11 is 2.23. The molecule has 2 N–H and O–H groups in total. The molecule has 0 fully saturated rings. The van der Waals surface area contributed by atoms with Crippen LogP contribution in [0.1, 0.15) is 18.1 Å². The van der Waals surface area contributed by atoms with E-state index in [-0.39, 0.29) is 17.7 Å². The van der Waals surface area contributed by atoms with Crippen LogP contribution in [0.4, 0.5) is 10.1 Å². The third kappa shape index (κ3) is 4.12. The molecule has 0 aliphatic rings. The van der Waals surface area contributed by atoms with Gasteiger partial charge in [0.2, 0.25) is 0 Å². The highest BCUT2D eigenvalue weighted by Crippen LogP contribution is 2.22. The van der Waals surface area contributed by atoms with E-state index in [0.29, 0.717) is 5.69 Å². The summed E-state index contributed by atoms with van der Waals surface area (Å²) in [6, 6.07) is 14.1. The van der Waals surface area contributed by atoms with Gasteiger partial charge in [-0.3, -0.25) is 4.79 Å². The van der Waals surface area contributed by atoms with Gasteiger partial charge in [0.05, 0.1) is 18.2 Å². The van der Waals surface area contributed by atoms with Gasteiger partial charge in [-0.2, -0.15) is 5.26 Å². The summed E-state index contributed by atoms with van der Waals surface area (Å²) in [5, 5.41) is 23.3. The molecule has 0 saturated heterocycles. The number of carbonyl (C=O) groups excluding carboxylic acids is 1. The standard InChI is InChI=1S/C20H17FIN3O2/c1-20(27,12-25-7-6-13-8-16(22)3-5-18(13)25)19(26)24-17-4-2-14(11-23)15(9-17)10-21/h2-9,27H,10,12H2,1H3,(H,24,26)/t20-/m0/s1. The van der Waals surface area contributed by atoms with Crippen LogP contribution in [0.3, 0.4) is 0 Å². The van der Waals surface area contributed by atoms with E-state index in [4.69, 9.17) is 5.26 Å². The van der Waals surface area contributed by atoms with Gasteiger partial charge in [-0.05, 0) is 72.0 Å². The van der Waals surface area contributed by atoms with Crippen LogP contribution in [0.25, 0.3) is 10.9 Å². The van der Waals surface area contributed by atoms with Crippen LogP contribution in [0.2, 0.25) is 0 Å². The maximum atomic E-state index is 13.0. The van der Waals surface area contributed by atoms with Gasteiger partial charge in [-0.15, -0.1) is 0 Å². The third-order valence-electron chi connectivity index (χ3n) is 4.33. The van der Waals surface area contributed by atoms with Crippen molar-refractivity contribution in [2.24, 2.45) is 0 Å². The van der Waals surface area contributed by atoms with Gasteiger partial charge < -0.3 is 15.0 Å². The molecule has 0 bridgehead atoms. The van der Waals surface area contributed by atoms with E-state index in [1.54, 1.807) is 0 Å². The van der Waals surface area contributed by atoms with Gasteiger partial charge in [0.1, 0.15) is 6.67 Å². The Morgan fingerprint density at radius 3 is 2.81 bits per heavy atom. The van der Waals surface area contributed by atoms with Crippen molar-refractivity contribution < 1.29 is 14.3 Å². The highest BCUT2D eigenvalue weighted by atomic mass is 127. The molecular formula is C20H17FIN3O2. The molecule has 0 spiro atoms. The number of fused-ring (bicyclic) bond motifs is 1. The molecule has 1 atom stereocenters. The molecule has 3 aromatic rings. The molecule has 7 heteroatoms. The lowest BCUT2D eigenvalue weighted by Crippen LogP contribution is -2.43. The second kappa shape index (κ2) is 7.66. The molecule has 138 valence electrons. The lowest BCUT2D eigenvalue weighted by Gasteiger charge is -2.23. The molecule has 2 aromatic carbocycles. The van der Waals surface area contributed by atoms with Crippen LogP contribution < -0.4 is 5.32 Å². The second-order valence-electron chi connectivity index (χ2n) is 6.49. The Kier molecular flexibility index (Phi) is 5.48. The maximum Gasteiger partial charge on any atom is 0.257 e. The number of rotatable bonds is 5. The van der Waals surface area contributed by atoms with Gasteiger partial charge >= 0.3 is 0 Å². The van der Waals surface area contributed by atoms with Crippen LogP contribution in [-0.4, -0.2) is 21.2 Å². The summed E-state index contributed by atoms with van der Waals surface area (Å²) < 4.78 is 16.0. The summed E-state index contributed by atoms with van der Waals surface area (Å²) in [6.45, 7) is 0.687. The van der Waals surface area contributed by atoms with E-state index < -0.39 is 18.2 Å². The number of hydrogen-bond donors (Lipinski definition) is 2. The molecular weight excluding hydrogens is 460 g/mol. The molecule has 5 nitrogen and oxygen atoms in total. The molecule has 1 amide bonds. The Labute approximate surface area is 169 Å². The minimum absolute atomic E-state index is 0.0647. The number of nitrogens with one attached hydrogen (secondary N) is 1. The van der Waals surface area contributed by atoms with Crippen molar-refractivity contribution in [1.29, 1.82) is 5.26 Å². The van der Waals surface area contributed by atoms with Crippen molar-refractivity contribution in [1.82, 2.24) is 4.57 Å². The quantitative estimate of drug-likeness (QED) is 0.546. The molecule has 27 heavy (non-hydrogen) atoms. The van der Waals surface area contributed by atoms with Crippen LogP contribution in [-0.2, 0) is 18.0 Å². The smallest absolute Gasteiger partial charge is 0.257 e. The van der Waals surface area contributed by atoms with Crippen LogP contribution >= 0.6 is 22.6 Å². The first-order valence-corrected chi connectivity index (χ1v) is 9.29. The summed E-state index contributed by atoms with van der Waals surface area (Å²) in [5.41, 5.74) is -0.0179. The topological polar surface area (TPSA) is 78.1 Å². The number of carbonyl (C=O) groups is 1. The van der Waals surface area contributed by atoms with Crippen molar-refractivity contribution in [2.45, 2.75) is 25.7 Å². The molecule has 0 unspecified atom stereocenters. The number of anilines is 1. The van der Waals surface area contributed by atoms with E-state index in [1.165, 1.54) is 25.1 Å². The molecule has 0 saturated carbocycles. The Morgan fingerprint density at radius 2 is 2.11 bits per heavy atom. The number of halogens is 2. The normalized spacial score (nSPS) is 13.1. The molecule has 1 aromatic heterocycles. The van der Waals surface area contributed by atoms with Crippen LogP contribution in [0.15, 0.2) is 48.7 Å². The van der Waals surface area contributed by atoms with Crippen molar-refractivity contribution in [3.05, 3.63) is 63.4 Å². The Balaban J connectivity index is 1.80. The van der Waals surface area contributed by atoms with Crippen molar-refractivity contribution in [2.75, 3.05) is 5.32 Å². The van der Waals surface area contributed by atoms with Crippen molar-refractivity contribution >= 4 is 45.1 Å². The first kappa shape index (κ1) is 19.3. The zero-order valence-electron chi connectivity index (χ0n) is 14.5. The average molecular weight is 477 g/mol. The van der Waals surface area contributed by atoms with Crippen LogP contribution in [0.5, 0.6) is 0 Å². The lowest BCUT2D eigenvalue weighted by atomic mass is 10.0. The Bertz CT molecular complexity index is 1050. The van der Waals surface area contributed by atoms with E-state index >= 15 is 0 Å². The number of benzene rings is 2. The summed E-state index contributed by atoms with van der Waals surface area (Å²) in [7, 11) is 0. The van der Waals surface area contributed by atoms with Crippen LogP contribution in [0, 0.1) is 14.9 Å². The highest BCUT2D eigenvalue weighted by molar-refractivity contribution is 14.1. The van der Waals surface area contributed by atoms with E-state index in [2.05, 4.69) is 27.9 Å². The molecule has 0 aliphatic heterocycles. The van der Waals surface area contributed by atoms with Gasteiger partial charge in [0.15, 0.2) is 5.60 Å². The molecule has 0 radical (unpaired) electrons. The second-order valence-corrected chi connectivity index (χ2v) is 7.74. The first-order chi connectivity index (χ1) is 12.8. The number of hydrogen-bond acceptors (Lipinski definition) is 3. The first-order valence-electron chi connectivity index (χ1n) is 8.21. The number of nitriles is 1. The zero-order chi connectivity index (χ0) is 19.6. The minimum atomic E-state index is -1.68. The summed E-state index contributed by atoms with van der Waals surface area (Å²) in [6.07, 6.45) is 1.82. The van der Waals surface area contributed by atoms with Crippen molar-refractivity contribution in [3.63, 3.8) is 0 Å². The number of nitrogens with zero attached hydrogens (tertiary/aromatic N) is 2. The largest absolute Gasteiger partial charge is 0.378 e. The fraction of sp³-hybridized carbons (Fsp3) is 0.200. The Hall–Kier alpha value is -2.44. The number of alkyl halides is 1. The zero-order valence-corrected chi connectivity index (χ0v) is 16.7. The van der Waals surface area contributed by atoms with Gasteiger partial charge in [-0.25, -0.2) is 4.39 Å². The summed E-state index contributed by atoms with van der Waals surface area (Å²) in [4.78, 5) is 12.6. The number of aliphatic hydroxyl groups is 1. The van der Waals surface area contributed by atoms with Gasteiger partial charge in [0.25, 0.3) is 5.91 Å². The van der Waals surface area contributed by atoms with E-state index in [9.17, 15) is 14.3 Å². The highest BCUT2D eigenvalue weighted by Gasteiger charge is 2.31. The molecule has 0 aliphatic carbocycles. The van der Waals surface area contributed by atoms with E-state index in [1.807, 2.05) is 41.1 Å². The Morgan fingerprint density at radius 1 is 1.33 bits per heavy atom. The van der Waals surface area contributed by atoms with Crippen molar-refractivity contribution in [3.8, 4) is 6.07 Å². The number of amides is 1. The fourth-order valence-corrected chi connectivity index (χ4v) is 3.38. The molecule has 1 heterocycles. The number of aromatic nitrogens is 1. The van der Waals surface area contributed by atoms with Gasteiger partial charge in [0, 0.05) is 31.9 Å². The molecule has 3 rings (SSSR count). The fourth-order valence-electron chi connectivity index (χ4n) is 2.87. The minimum Gasteiger partial charge on any atom is -0.378 e. The third-order valence-corrected chi connectivity index (χ3v) is 5.00. The predicted octanol–water partition coefficient (Wildman–Crippen LogP) is 3.98. The SMILES string of the molecule is C[C@](O)(Cn1ccc2cc(I)ccc21)C(=O)Nc1ccc(C#N)c(CF)c1. The van der Waals surface area contributed by atoms with Gasteiger partial charge in [-0.1, -0.05) is 0 Å². The summed E-state index contributed by atoms with van der Waals surface area (Å²) in [5.74, 6) is -0.607. The van der Waals surface area contributed by atoms with E-state index in [0.717, 1.165) is 14.5 Å². The monoisotopic (exact) mass is 477 g/mol. The lowest BCUT2D eigenvalue weighted by molar-refractivity contribution is -0.133. The average Bonchev–Trinajstić information content (AvgIpc) is 3.02.